The quantitative estimate of drug-likeness (QED) is 0.494. The summed E-state index contributed by atoms with van der Waals surface area (Å²) in [4.78, 5) is 36.9. The molecule has 2 N–H and O–H groups in total. The Morgan fingerprint density at radius 2 is 2.08 bits per heavy atom. The van der Waals surface area contributed by atoms with E-state index < -0.39 is 18.6 Å². The Balaban J connectivity index is 1.28. The van der Waals surface area contributed by atoms with Gasteiger partial charge in [-0.15, -0.1) is 0 Å². The van der Waals surface area contributed by atoms with Crippen LogP contribution in [0.25, 0.3) is 0 Å². The minimum Gasteiger partial charge on any atom is -0.481 e. The van der Waals surface area contributed by atoms with Gasteiger partial charge in [0.25, 0.3) is 0 Å². The van der Waals surface area contributed by atoms with Crippen molar-refractivity contribution < 1.29 is 33.0 Å². The van der Waals surface area contributed by atoms with Gasteiger partial charge < -0.3 is 29.7 Å². The van der Waals surface area contributed by atoms with Crippen LogP contribution < -0.4 is 10.1 Å². The zero-order valence-electron chi connectivity index (χ0n) is 20.2. The van der Waals surface area contributed by atoms with E-state index in [1.807, 2.05) is 6.07 Å². The van der Waals surface area contributed by atoms with E-state index in [2.05, 4.69) is 21.1 Å². The predicted molar refractivity (Wildman–Crippen MR) is 128 cm³/mol. The third-order valence-corrected chi connectivity index (χ3v) is 7.08. The van der Waals surface area contributed by atoms with Crippen molar-refractivity contribution in [3.63, 3.8) is 0 Å². The fourth-order valence-electron chi connectivity index (χ4n) is 5.26. The number of ether oxygens (including phenoxy) is 2. The number of carbonyl (C=O) groups excluding carboxylic acids is 1. The molecule has 0 spiro atoms. The summed E-state index contributed by atoms with van der Waals surface area (Å²) in [7, 11) is 0. The van der Waals surface area contributed by atoms with Gasteiger partial charge in [0, 0.05) is 56.0 Å². The molecule has 10 nitrogen and oxygen atoms in total. The molecule has 2 aromatic rings. The summed E-state index contributed by atoms with van der Waals surface area (Å²) < 4.78 is 34.8. The van der Waals surface area contributed by atoms with Crippen LogP contribution in [-0.2, 0) is 22.4 Å². The molecule has 0 bridgehead atoms. The van der Waals surface area contributed by atoms with Crippen LogP contribution in [0.2, 0.25) is 0 Å². The van der Waals surface area contributed by atoms with E-state index in [1.54, 1.807) is 4.90 Å². The van der Waals surface area contributed by atoms with Crippen molar-refractivity contribution in [2.75, 3.05) is 44.7 Å². The van der Waals surface area contributed by atoms with Crippen LogP contribution in [0.15, 0.2) is 30.5 Å². The zero-order chi connectivity index (χ0) is 26.0. The number of nitrogens with one attached hydrogen (secondary N) is 1. The van der Waals surface area contributed by atoms with Gasteiger partial charge in [-0.25, -0.2) is 14.8 Å². The van der Waals surface area contributed by atoms with Crippen LogP contribution in [0.4, 0.5) is 19.4 Å². The molecule has 2 amide bonds. The van der Waals surface area contributed by atoms with Gasteiger partial charge in [-0.1, -0.05) is 12.1 Å². The number of anilines is 1. The first-order valence-electron chi connectivity index (χ1n) is 12.3. The standard InChI is InChI=1S/C25H29F2N5O5/c26-23(27)37-20-6-4-17(12-29-20)19(10-21(33)34)32-9-8-31(24(32)35)13-25(14-36-15-25)11-18-5-3-16-2-1-7-28-22(16)30-18/h3-6,12,19,23H,1-2,7-11,13-15H2,(H,28,30)(H,33,34). The van der Waals surface area contributed by atoms with Crippen LogP contribution in [0.1, 0.15) is 35.7 Å². The maximum atomic E-state index is 13.4. The number of nitrogens with zero attached hydrogens (tertiary/aromatic N) is 4. The highest BCUT2D eigenvalue weighted by Crippen LogP contribution is 2.36. The van der Waals surface area contributed by atoms with E-state index in [9.17, 15) is 23.5 Å². The summed E-state index contributed by atoms with van der Waals surface area (Å²) in [5.74, 6) is -0.433. The van der Waals surface area contributed by atoms with E-state index in [1.165, 1.54) is 28.8 Å². The molecule has 1 atom stereocenters. The second-order valence-electron chi connectivity index (χ2n) is 9.83. The van der Waals surface area contributed by atoms with Crippen LogP contribution >= 0.6 is 0 Å². The van der Waals surface area contributed by atoms with Crippen molar-refractivity contribution in [1.82, 2.24) is 19.8 Å². The summed E-state index contributed by atoms with van der Waals surface area (Å²) in [6.07, 6.45) is 3.71. The van der Waals surface area contributed by atoms with Crippen molar-refractivity contribution in [2.45, 2.75) is 38.3 Å². The maximum absolute atomic E-state index is 13.4. The number of aryl methyl sites for hydroxylation is 1. The fraction of sp³-hybridized carbons (Fsp3) is 0.520. The van der Waals surface area contributed by atoms with Gasteiger partial charge >= 0.3 is 18.6 Å². The van der Waals surface area contributed by atoms with Crippen molar-refractivity contribution in [1.29, 1.82) is 0 Å². The fourth-order valence-corrected chi connectivity index (χ4v) is 5.26. The summed E-state index contributed by atoms with van der Waals surface area (Å²) in [6, 6.07) is 5.81. The molecule has 3 aliphatic heterocycles. The third kappa shape index (κ3) is 5.58. The Morgan fingerprint density at radius 1 is 1.24 bits per heavy atom. The van der Waals surface area contributed by atoms with E-state index in [0.717, 1.165) is 30.9 Å². The van der Waals surface area contributed by atoms with Crippen LogP contribution in [-0.4, -0.2) is 82.9 Å². The van der Waals surface area contributed by atoms with E-state index in [0.29, 0.717) is 44.8 Å². The Hall–Kier alpha value is -3.54. The molecule has 5 rings (SSSR count). The van der Waals surface area contributed by atoms with Crippen LogP contribution in [0.3, 0.4) is 0 Å². The number of carbonyl (C=O) groups is 2. The number of carboxylic acids is 1. The number of aromatic nitrogens is 2. The molecule has 0 radical (unpaired) electrons. The van der Waals surface area contributed by atoms with E-state index in [-0.39, 0.29) is 23.7 Å². The number of halogens is 2. The van der Waals surface area contributed by atoms with Gasteiger partial charge in [0.05, 0.1) is 25.7 Å². The molecule has 2 fully saturated rings. The van der Waals surface area contributed by atoms with Crippen molar-refractivity contribution >= 4 is 17.8 Å². The first-order chi connectivity index (χ1) is 17.8. The molecule has 198 valence electrons. The monoisotopic (exact) mass is 517 g/mol. The number of carboxylic acid groups (broad SMARTS) is 1. The number of aliphatic carboxylic acids is 1. The Labute approximate surface area is 212 Å². The summed E-state index contributed by atoms with van der Waals surface area (Å²) in [6.45, 7) is 0.157. The first-order valence-corrected chi connectivity index (χ1v) is 12.3. The highest BCUT2D eigenvalue weighted by atomic mass is 19.3. The Bertz CT molecular complexity index is 1140. The van der Waals surface area contributed by atoms with E-state index in [4.69, 9.17) is 9.72 Å². The number of amides is 2. The van der Waals surface area contributed by atoms with Crippen molar-refractivity contribution in [3.8, 4) is 5.88 Å². The molecule has 2 saturated heterocycles. The van der Waals surface area contributed by atoms with Crippen LogP contribution in [0, 0.1) is 5.41 Å². The van der Waals surface area contributed by atoms with Gasteiger partial charge in [-0.3, -0.25) is 4.79 Å². The van der Waals surface area contributed by atoms with Gasteiger partial charge in [-0.05, 0) is 30.0 Å². The second-order valence-corrected chi connectivity index (χ2v) is 9.83. The van der Waals surface area contributed by atoms with Gasteiger partial charge in [0.2, 0.25) is 5.88 Å². The Morgan fingerprint density at radius 3 is 2.76 bits per heavy atom. The zero-order valence-corrected chi connectivity index (χ0v) is 20.2. The molecule has 12 heteroatoms. The summed E-state index contributed by atoms with van der Waals surface area (Å²) in [5, 5.41) is 12.8. The Kier molecular flexibility index (Phi) is 7.09. The molecule has 1 unspecified atom stereocenters. The SMILES string of the molecule is O=C(O)CC(c1ccc(OC(F)F)nc1)N1CCN(CC2(Cc3ccc4c(n3)NCCC4)COC2)C1=O. The maximum Gasteiger partial charge on any atom is 0.388 e. The van der Waals surface area contributed by atoms with Gasteiger partial charge in [0.1, 0.15) is 5.82 Å². The highest BCUT2D eigenvalue weighted by Gasteiger charge is 2.45. The number of hydrogen-bond acceptors (Lipinski definition) is 7. The minimum atomic E-state index is -3.02. The average Bonchev–Trinajstić information content (AvgIpc) is 3.20. The number of hydrogen-bond donors (Lipinski definition) is 2. The van der Waals surface area contributed by atoms with Gasteiger partial charge in [0.15, 0.2) is 0 Å². The minimum absolute atomic E-state index is 0.264. The lowest BCUT2D eigenvalue weighted by Gasteiger charge is -2.43. The second kappa shape index (κ2) is 10.4. The lowest BCUT2D eigenvalue weighted by molar-refractivity contribution is -0.138. The number of rotatable bonds is 10. The molecule has 0 aliphatic carbocycles. The number of fused-ring (bicyclic) bond motifs is 1. The normalized spacial score (nSPS) is 19.3. The molecule has 5 heterocycles. The lowest BCUT2D eigenvalue weighted by Crippen LogP contribution is -2.53. The molecule has 0 saturated carbocycles. The smallest absolute Gasteiger partial charge is 0.388 e. The molecule has 0 aromatic carbocycles. The predicted octanol–water partition coefficient (Wildman–Crippen LogP) is 2.95. The summed E-state index contributed by atoms with van der Waals surface area (Å²) in [5.41, 5.74) is 2.33. The lowest BCUT2D eigenvalue weighted by atomic mass is 9.80. The highest BCUT2D eigenvalue weighted by molar-refractivity contribution is 5.78. The largest absolute Gasteiger partial charge is 0.481 e. The topological polar surface area (TPSA) is 117 Å². The van der Waals surface area contributed by atoms with Crippen LogP contribution in [0.5, 0.6) is 5.88 Å². The number of urea groups is 1. The molecule has 3 aliphatic rings. The van der Waals surface area contributed by atoms with E-state index >= 15 is 0 Å². The number of pyridine rings is 2. The number of alkyl halides is 2. The molecule has 2 aromatic heterocycles. The first kappa shape index (κ1) is 25.1. The molecule has 37 heavy (non-hydrogen) atoms. The third-order valence-electron chi connectivity index (χ3n) is 7.08. The molecular weight excluding hydrogens is 488 g/mol. The van der Waals surface area contributed by atoms with Crippen molar-refractivity contribution in [3.05, 3.63) is 47.3 Å². The van der Waals surface area contributed by atoms with Crippen molar-refractivity contribution in [2.24, 2.45) is 5.41 Å². The van der Waals surface area contributed by atoms with Gasteiger partial charge in [-0.2, -0.15) is 8.78 Å². The summed E-state index contributed by atoms with van der Waals surface area (Å²) >= 11 is 0. The molecular formula is C25H29F2N5O5. The average molecular weight is 518 g/mol.